The van der Waals surface area contributed by atoms with Gasteiger partial charge in [0.25, 0.3) is 0 Å². The lowest BCUT2D eigenvalue weighted by molar-refractivity contribution is -0.151. The van der Waals surface area contributed by atoms with Gasteiger partial charge in [0.05, 0.1) is 32.4 Å². The normalized spacial score (nSPS) is 16.3. The number of amides is 1. The number of likely N-dealkylation sites (tertiary alicyclic amines) is 1. The van der Waals surface area contributed by atoms with Gasteiger partial charge in [0.2, 0.25) is 5.91 Å². The van der Waals surface area contributed by atoms with Crippen LogP contribution in [-0.2, 0) is 14.3 Å². The molecular weight excluding hydrogens is 460 g/mol. The zero-order chi connectivity index (χ0) is 25.5. The molecule has 2 aromatic carbocycles. The molecule has 1 fully saturated rings. The van der Waals surface area contributed by atoms with Gasteiger partial charge in [0, 0.05) is 36.9 Å². The second kappa shape index (κ2) is 11.5. The molecule has 1 aliphatic heterocycles. The number of para-hydroxylation sites is 1. The molecule has 2 heterocycles. The highest BCUT2D eigenvalue weighted by atomic mass is 16.5. The van der Waals surface area contributed by atoms with Crippen LogP contribution in [0, 0.1) is 0 Å². The molecule has 3 N–H and O–H groups in total. The quantitative estimate of drug-likeness (QED) is 0.391. The molecule has 0 aliphatic carbocycles. The zero-order valence-corrected chi connectivity index (χ0v) is 20.6. The summed E-state index contributed by atoms with van der Waals surface area (Å²) in [4.78, 5) is 31.7. The Morgan fingerprint density at radius 3 is 2.56 bits per heavy atom. The van der Waals surface area contributed by atoms with Crippen molar-refractivity contribution in [3.05, 3.63) is 66.4 Å². The van der Waals surface area contributed by atoms with Gasteiger partial charge in [0.1, 0.15) is 11.3 Å². The molecule has 1 atom stereocenters. The Balaban J connectivity index is 1.38. The molecule has 1 aromatic heterocycles. The van der Waals surface area contributed by atoms with Crippen molar-refractivity contribution in [2.75, 3.05) is 45.7 Å². The number of esters is 1. The Hall–Kier alpha value is -3.53. The molecule has 1 saturated heterocycles. The standard InChI is InChI=1S/C27H32N4O5/c1-35-20-8-9-23-22(16-20)21(10-13-28-23)24(32)18-31-14-11-27(12-15-31,26(34)36-2)29-17-25(33)30-19-6-4-3-5-7-19/h3-10,13,16,24,29,32H,11-12,14-15,17-18H2,1-2H3,(H,30,33)/t24-/m0/s1. The number of piperidine rings is 1. The smallest absolute Gasteiger partial charge is 0.326 e. The molecule has 3 aromatic rings. The summed E-state index contributed by atoms with van der Waals surface area (Å²) in [5.41, 5.74) is 1.30. The van der Waals surface area contributed by atoms with E-state index in [1.54, 1.807) is 25.4 Å². The van der Waals surface area contributed by atoms with E-state index in [-0.39, 0.29) is 18.4 Å². The Morgan fingerprint density at radius 1 is 1.11 bits per heavy atom. The number of anilines is 1. The molecule has 1 amide bonds. The van der Waals surface area contributed by atoms with E-state index in [0.29, 0.717) is 43.9 Å². The Kier molecular flexibility index (Phi) is 8.14. The van der Waals surface area contributed by atoms with Gasteiger partial charge in [-0.2, -0.15) is 0 Å². The molecule has 1 aliphatic rings. The summed E-state index contributed by atoms with van der Waals surface area (Å²) in [6.07, 6.45) is 1.86. The lowest BCUT2D eigenvalue weighted by Gasteiger charge is -2.40. The van der Waals surface area contributed by atoms with Crippen LogP contribution >= 0.6 is 0 Å². The Labute approximate surface area is 210 Å². The average Bonchev–Trinajstić information content (AvgIpc) is 2.92. The van der Waals surface area contributed by atoms with Crippen LogP contribution in [0.5, 0.6) is 5.75 Å². The highest BCUT2D eigenvalue weighted by molar-refractivity contribution is 5.93. The van der Waals surface area contributed by atoms with Crippen molar-refractivity contribution in [1.29, 1.82) is 0 Å². The van der Waals surface area contributed by atoms with E-state index in [1.807, 2.05) is 42.5 Å². The number of hydrogen-bond acceptors (Lipinski definition) is 8. The maximum Gasteiger partial charge on any atom is 0.326 e. The van der Waals surface area contributed by atoms with Crippen molar-refractivity contribution in [2.45, 2.75) is 24.5 Å². The first-order valence-electron chi connectivity index (χ1n) is 12.0. The largest absolute Gasteiger partial charge is 0.497 e. The van der Waals surface area contributed by atoms with Gasteiger partial charge in [-0.25, -0.2) is 0 Å². The summed E-state index contributed by atoms with van der Waals surface area (Å²) in [6.45, 7) is 1.51. The third-order valence-corrected chi connectivity index (χ3v) is 6.70. The van der Waals surface area contributed by atoms with Crippen LogP contribution in [0.4, 0.5) is 5.69 Å². The van der Waals surface area contributed by atoms with Crippen LogP contribution in [0.25, 0.3) is 10.9 Å². The van der Waals surface area contributed by atoms with Crippen molar-refractivity contribution < 1.29 is 24.2 Å². The average molecular weight is 493 g/mol. The van der Waals surface area contributed by atoms with Gasteiger partial charge in [-0.3, -0.25) is 19.9 Å². The number of β-amino-alcohol motifs (C(OH)–C–C–N with tert-alkyl or cyclic N) is 1. The van der Waals surface area contributed by atoms with Crippen LogP contribution < -0.4 is 15.4 Å². The number of pyridine rings is 1. The van der Waals surface area contributed by atoms with E-state index in [9.17, 15) is 14.7 Å². The fraction of sp³-hybridized carbons (Fsp3) is 0.370. The maximum absolute atomic E-state index is 12.7. The minimum atomic E-state index is -0.957. The maximum atomic E-state index is 12.7. The van der Waals surface area contributed by atoms with E-state index >= 15 is 0 Å². The second-order valence-electron chi connectivity index (χ2n) is 8.94. The predicted molar refractivity (Wildman–Crippen MR) is 137 cm³/mol. The molecule has 36 heavy (non-hydrogen) atoms. The first kappa shape index (κ1) is 25.6. The van der Waals surface area contributed by atoms with Crippen LogP contribution in [0.15, 0.2) is 60.8 Å². The van der Waals surface area contributed by atoms with Crippen molar-refractivity contribution in [1.82, 2.24) is 15.2 Å². The van der Waals surface area contributed by atoms with Crippen LogP contribution in [-0.4, -0.2) is 72.8 Å². The second-order valence-corrected chi connectivity index (χ2v) is 8.94. The first-order valence-corrected chi connectivity index (χ1v) is 12.0. The van der Waals surface area contributed by atoms with Crippen LogP contribution in [0.3, 0.4) is 0 Å². The molecule has 4 rings (SSSR count). The summed E-state index contributed by atoms with van der Waals surface area (Å²) < 4.78 is 10.4. The van der Waals surface area contributed by atoms with E-state index in [2.05, 4.69) is 20.5 Å². The van der Waals surface area contributed by atoms with Gasteiger partial charge < -0.3 is 24.8 Å². The molecule has 0 radical (unpaired) electrons. The molecule has 190 valence electrons. The predicted octanol–water partition coefficient (Wildman–Crippen LogP) is 2.51. The molecule has 0 unspecified atom stereocenters. The summed E-state index contributed by atoms with van der Waals surface area (Å²) >= 11 is 0. The number of aliphatic hydroxyl groups excluding tert-OH is 1. The van der Waals surface area contributed by atoms with E-state index < -0.39 is 11.6 Å². The van der Waals surface area contributed by atoms with Crippen molar-refractivity contribution in [3.8, 4) is 5.75 Å². The first-order chi connectivity index (χ1) is 17.4. The summed E-state index contributed by atoms with van der Waals surface area (Å²) in [5, 5.41) is 17.9. The number of carbonyl (C=O) groups excluding carboxylic acids is 2. The van der Waals surface area contributed by atoms with E-state index in [1.165, 1.54) is 7.11 Å². The topological polar surface area (TPSA) is 113 Å². The van der Waals surface area contributed by atoms with Crippen LogP contribution in [0.1, 0.15) is 24.5 Å². The number of benzene rings is 2. The minimum Gasteiger partial charge on any atom is -0.497 e. The van der Waals surface area contributed by atoms with Gasteiger partial charge >= 0.3 is 5.97 Å². The highest BCUT2D eigenvalue weighted by Crippen LogP contribution is 2.29. The molecule has 0 bridgehead atoms. The van der Waals surface area contributed by atoms with Crippen molar-refractivity contribution in [3.63, 3.8) is 0 Å². The number of hydrogen-bond donors (Lipinski definition) is 3. The van der Waals surface area contributed by atoms with E-state index in [4.69, 9.17) is 9.47 Å². The number of nitrogens with zero attached hydrogens (tertiary/aromatic N) is 2. The van der Waals surface area contributed by atoms with Gasteiger partial charge in [-0.1, -0.05) is 18.2 Å². The minimum absolute atomic E-state index is 0.0164. The molecule has 0 spiro atoms. The van der Waals surface area contributed by atoms with Crippen molar-refractivity contribution in [2.24, 2.45) is 0 Å². The lowest BCUT2D eigenvalue weighted by Crippen LogP contribution is -2.60. The van der Waals surface area contributed by atoms with Crippen LogP contribution in [0.2, 0.25) is 0 Å². The number of methoxy groups -OCH3 is 2. The monoisotopic (exact) mass is 492 g/mol. The zero-order valence-electron chi connectivity index (χ0n) is 20.6. The van der Waals surface area contributed by atoms with Gasteiger partial charge in [-0.05, 0) is 54.8 Å². The Morgan fingerprint density at radius 2 is 1.86 bits per heavy atom. The fourth-order valence-corrected chi connectivity index (χ4v) is 4.65. The number of nitrogens with one attached hydrogen (secondary N) is 2. The highest BCUT2D eigenvalue weighted by Gasteiger charge is 2.42. The number of aliphatic hydroxyl groups is 1. The third kappa shape index (κ3) is 5.81. The molecule has 9 heteroatoms. The van der Waals surface area contributed by atoms with Gasteiger partial charge in [0.15, 0.2) is 0 Å². The number of rotatable bonds is 9. The molecule has 9 nitrogen and oxygen atoms in total. The SMILES string of the molecule is COC(=O)C1(NCC(=O)Nc2ccccc2)CCN(C[C@H](O)c2ccnc3ccc(OC)cc23)CC1. The number of carbonyl (C=O) groups is 2. The van der Waals surface area contributed by atoms with Crippen molar-refractivity contribution >= 4 is 28.5 Å². The number of fused-ring (bicyclic) bond motifs is 1. The summed E-state index contributed by atoms with van der Waals surface area (Å²) in [5.74, 6) is 0.0805. The molecule has 0 saturated carbocycles. The fourth-order valence-electron chi connectivity index (χ4n) is 4.65. The van der Waals surface area contributed by atoms with Gasteiger partial charge in [-0.15, -0.1) is 0 Å². The number of ether oxygens (including phenoxy) is 2. The summed E-state index contributed by atoms with van der Waals surface area (Å²) in [7, 11) is 2.96. The molecular formula is C27H32N4O5. The lowest BCUT2D eigenvalue weighted by atomic mass is 9.87. The third-order valence-electron chi connectivity index (χ3n) is 6.70. The van der Waals surface area contributed by atoms with E-state index in [0.717, 1.165) is 16.5 Å². The summed E-state index contributed by atoms with van der Waals surface area (Å²) in [6, 6.07) is 16.6. The Bertz CT molecular complexity index is 1200. The number of aromatic nitrogens is 1.